The van der Waals surface area contributed by atoms with Crippen LogP contribution >= 0.6 is 0 Å². The van der Waals surface area contributed by atoms with Gasteiger partial charge >= 0.3 is 0 Å². The van der Waals surface area contributed by atoms with Crippen LogP contribution in [-0.2, 0) is 0 Å². The molecule has 0 aliphatic rings. The minimum atomic E-state index is -0.100. The highest BCUT2D eigenvalue weighted by Crippen LogP contribution is 2.05. The second-order valence-corrected chi connectivity index (χ2v) is 4.37. The predicted molar refractivity (Wildman–Crippen MR) is 66.3 cm³/mol. The van der Waals surface area contributed by atoms with Gasteiger partial charge in [-0.15, -0.1) is 0 Å². The number of unbranched alkanes of at least 4 members (excludes halogenated alkanes) is 1. The lowest BCUT2D eigenvalue weighted by Crippen LogP contribution is -2.69. The number of nitrogens with one attached hydrogen (secondary N) is 3. The van der Waals surface area contributed by atoms with Crippen LogP contribution in [0.5, 0.6) is 0 Å². The Kier molecular flexibility index (Phi) is 7.39. The number of hydrogen-bond acceptors (Lipinski definition) is 4. The fraction of sp³-hybridized carbons (Fsp3) is 1.00. The molecule has 0 amide bonds. The standard InChI is InChI=1S/C9H26N4Si/c1-5-6-7-13(4)9(10-2,11-3)8-12-14/h10-12H,5-8H2,1-4,14H3. The molecule has 0 aromatic heterocycles. The van der Waals surface area contributed by atoms with Crippen LogP contribution < -0.4 is 15.6 Å². The van der Waals surface area contributed by atoms with E-state index in [4.69, 9.17) is 0 Å². The average Bonchev–Trinajstić information content (AvgIpc) is 2.22. The Hall–Kier alpha value is 0.0569. The van der Waals surface area contributed by atoms with Crippen molar-refractivity contribution in [3.05, 3.63) is 0 Å². The second kappa shape index (κ2) is 7.36. The van der Waals surface area contributed by atoms with Crippen LogP contribution in [0.15, 0.2) is 0 Å². The normalized spacial score (nSPS) is 12.6. The van der Waals surface area contributed by atoms with Crippen molar-refractivity contribution < 1.29 is 0 Å². The molecule has 5 heteroatoms. The van der Waals surface area contributed by atoms with E-state index in [2.05, 4.69) is 34.5 Å². The average molecular weight is 218 g/mol. The van der Waals surface area contributed by atoms with Gasteiger partial charge in [0, 0.05) is 13.1 Å². The van der Waals surface area contributed by atoms with Crippen LogP contribution in [0.1, 0.15) is 19.8 Å². The van der Waals surface area contributed by atoms with E-state index >= 15 is 0 Å². The summed E-state index contributed by atoms with van der Waals surface area (Å²) < 4.78 is 0. The molecule has 0 radical (unpaired) electrons. The molecule has 0 atom stereocenters. The maximum atomic E-state index is 3.35. The predicted octanol–water partition coefficient (Wildman–Crippen LogP) is -1.32. The molecule has 0 aliphatic carbocycles. The summed E-state index contributed by atoms with van der Waals surface area (Å²) in [4.78, 5) is 5.67. The van der Waals surface area contributed by atoms with E-state index in [9.17, 15) is 0 Å². The first-order valence-electron chi connectivity index (χ1n) is 5.40. The Labute approximate surface area is 91.3 Å². The minimum Gasteiger partial charge on any atom is -0.341 e. The highest BCUT2D eigenvalue weighted by Gasteiger charge is 2.29. The van der Waals surface area contributed by atoms with Gasteiger partial charge in [-0.3, -0.25) is 15.5 Å². The summed E-state index contributed by atoms with van der Waals surface area (Å²) in [6.45, 7) is 4.27. The molecule has 0 unspecified atom stereocenters. The monoisotopic (exact) mass is 218 g/mol. The molecular weight excluding hydrogens is 192 g/mol. The van der Waals surface area contributed by atoms with Crippen LogP contribution in [0.4, 0.5) is 0 Å². The van der Waals surface area contributed by atoms with Gasteiger partial charge in [-0.1, -0.05) is 13.3 Å². The zero-order chi connectivity index (χ0) is 11.0. The van der Waals surface area contributed by atoms with E-state index in [0.29, 0.717) is 0 Å². The van der Waals surface area contributed by atoms with Gasteiger partial charge in [0.15, 0.2) is 0 Å². The molecule has 3 N–H and O–H groups in total. The molecular formula is C9H26N4Si. The summed E-state index contributed by atoms with van der Waals surface area (Å²) in [6, 6.07) is 0. The zero-order valence-electron chi connectivity index (χ0n) is 10.3. The zero-order valence-corrected chi connectivity index (χ0v) is 12.3. The third kappa shape index (κ3) is 3.66. The van der Waals surface area contributed by atoms with Crippen LogP contribution in [0, 0.1) is 0 Å². The van der Waals surface area contributed by atoms with Crippen LogP contribution in [-0.4, -0.2) is 55.3 Å². The maximum absolute atomic E-state index is 3.35. The Morgan fingerprint density at radius 2 is 1.86 bits per heavy atom. The first-order valence-corrected chi connectivity index (χ1v) is 6.40. The van der Waals surface area contributed by atoms with Crippen molar-refractivity contribution >= 4 is 10.4 Å². The first-order chi connectivity index (χ1) is 6.66. The summed E-state index contributed by atoms with van der Waals surface area (Å²) in [5, 5.41) is 6.70. The van der Waals surface area contributed by atoms with Crippen molar-refractivity contribution in [2.75, 3.05) is 34.2 Å². The lowest BCUT2D eigenvalue weighted by atomic mass is 10.2. The number of nitrogens with zero attached hydrogens (tertiary/aromatic N) is 1. The fourth-order valence-corrected chi connectivity index (χ4v) is 2.17. The van der Waals surface area contributed by atoms with Gasteiger partial charge in [0.2, 0.25) is 0 Å². The minimum absolute atomic E-state index is 0.100. The van der Waals surface area contributed by atoms with Gasteiger partial charge < -0.3 is 4.98 Å². The van der Waals surface area contributed by atoms with Gasteiger partial charge in [-0.2, -0.15) is 0 Å². The summed E-state index contributed by atoms with van der Waals surface area (Å²) in [5.74, 6) is -0.100. The van der Waals surface area contributed by atoms with Gasteiger partial charge in [0.25, 0.3) is 0 Å². The first kappa shape index (κ1) is 14.1. The van der Waals surface area contributed by atoms with Gasteiger partial charge in [0.1, 0.15) is 5.79 Å². The molecule has 0 aromatic rings. The van der Waals surface area contributed by atoms with Gasteiger partial charge in [0.05, 0.1) is 10.4 Å². The number of hydrogen-bond donors (Lipinski definition) is 3. The maximum Gasteiger partial charge on any atom is 0.137 e. The summed E-state index contributed by atoms with van der Waals surface area (Å²) in [7, 11) is 7.17. The molecule has 0 aliphatic heterocycles. The van der Waals surface area contributed by atoms with Crippen molar-refractivity contribution in [2.45, 2.75) is 25.6 Å². The SMILES string of the molecule is CCCCN(C)C(CN[SiH3])(NC)NC. The Balaban J connectivity index is 4.28. The second-order valence-electron chi connectivity index (χ2n) is 3.67. The molecule has 86 valence electrons. The largest absolute Gasteiger partial charge is 0.341 e. The van der Waals surface area contributed by atoms with Crippen molar-refractivity contribution in [3.63, 3.8) is 0 Å². The summed E-state index contributed by atoms with van der Waals surface area (Å²) >= 11 is 0. The van der Waals surface area contributed by atoms with E-state index in [1.165, 1.54) is 12.8 Å². The molecule has 0 spiro atoms. The van der Waals surface area contributed by atoms with E-state index in [1.807, 2.05) is 14.1 Å². The molecule has 0 saturated carbocycles. The summed E-state index contributed by atoms with van der Waals surface area (Å²) in [5.41, 5.74) is 0. The highest BCUT2D eigenvalue weighted by atomic mass is 28.2. The van der Waals surface area contributed by atoms with E-state index in [0.717, 1.165) is 23.5 Å². The molecule has 0 heterocycles. The van der Waals surface area contributed by atoms with Crippen molar-refractivity contribution in [3.8, 4) is 0 Å². The van der Waals surface area contributed by atoms with Crippen molar-refractivity contribution in [2.24, 2.45) is 0 Å². The molecule has 14 heavy (non-hydrogen) atoms. The van der Waals surface area contributed by atoms with E-state index in [1.54, 1.807) is 0 Å². The summed E-state index contributed by atoms with van der Waals surface area (Å²) in [6.07, 6.45) is 2.48. The lowest BCUT2D eigenvalue weighted by molar-refractivity contribution is 0.0640. The van der Waals surface area contributed by atoms with Crippen LogP contribution in [0.3, 0.4) is 0 Å². The van der Waals surface area contributed by atoms with Crippen LogP contribution in [0.2, 0.25) is 0 Å². The molecule has 0 aromatic carbocycles. The Bertz CT molecular complexity index is 139. The topological polar surface area (TPSA) is 39.3 Å². The Morgan fingerprint density at radius 1 is 1.29 bits per heavy atom. The quantitative estimate of drug-likeness (QED) is 0.349. The Morgan fingerprint density at radius 3 is 2.21 bits per heavy atom. The third-order valence-electron chi connectivity index (χ3n) is 2.76. The van der Waals surface area contributed by atoms with Crippen molar-refractivity contribution in [1.82, 2.24) is 20.5 Å². The number of likely N-dealkylation sites (N-methyl/N-ethyl adjacent to an activating group) is 3. The van der Waals surface area contributed by atoms with E-state index < -0.39 is 0 Å². The highest BCUT2D eigenvalue weighted by molar-refractivity contribution is 6.04. The molecule has 0 bridgehead atoms. The molecule has 0 fully saturated rings. The van der Waals surface area contributed by atoms with Gasteiger partial charge in [-0.25, -0.2) is 0 Å². The fourth-order valence-electron chi connectivity index (χ4n) is 1.66. The van der Waals surface area contributed by atoms with Crippen LogP contribution in [0.25, 0.3) is 0 Å². The number of rotatable bonds is 8. The van der Waals surface area contributed by atoms with E-state index in [-0.39, 0.29) is 5.79 Å². The molecule has 0 saturated heterocycles. The van der Waals surface area contributed by atoms with Gasteiger partial charge in [-0.05, 0) is 27.6 Å². The van der Waals surface area contributed by atoms with Crippen molar-refractivity contribution in [1.29, 1.82) is 0 Å². The third-order valence-corrected chi connectivity index (χ3v) is 3.11. The lowest BCUT2D eigenvalue weighted by Gasteiger charge is -2.41. The smallest absolute Gasteiger partial charge is 0.137 e. The molecule has 4 nitrogen and oxygen atoms in total. The molecule has 0 rings (SSSR count).